The number of nitro groups is 1. The average Bonchev–Trinajstić information content (AvgIpc) is 2.27. The number of rotatable bonds is 5. The second-order valence-corrected chi connectivity index (χ2v) is 4.13. The Labute approximate surface area is 107 Å². The van der Waals surface area contributed by atoms with E-state index in [0.717, 1.165) is 4.90 Å². The third kappa shape index (κ3) is 3.36. The molecule has 1 N–H and O–H groups in total. The molecule has 0 aliphatic heterocycles. The van der Waals surface area contributed by atoms with E-state index in [1.807, 2.05) is 0 Å². The number of benzene rings is 1. The number of carboxylic acids is 1. The Morgan fingerprint density at radius 3 is 2.32 bits per heavy atom. The van der Waals surface area contributed by atoms with Gasteiger partial charge >= 0.3 is 5.97 Å². The lowest BCUT2D eigenvalue weighted by atomic mass is 10.1. The van der Waals surface area contributed by atoms with Gasteiger partial charge in [0.25, 0.3) is 5.69 Å². The van der Waals surface area contributed by atoms with Crippen molar-refractivity contribution >= 4 is 17.3 Å². The minimum atomic E-state index is -1.10. The molecule has 0 heterocycles. The van der Waals surface area contributed by atoms with Gasteiger partial charge in [0.05, 0.1) is 23.0 Å². The fourth-order valence-corrected chi connectivity index (χ4v) is 1.60. The van der Waals surface area contributed by atoms with E-state index in [1.54, 1.807) is 0 Å². The van der Waals surface area contributed by atoms with E-state index in [-0.39, 0.29) is 6.54 Å². The standard InChI is InChI=1S/C11H12F2N2O4/c1-6(11(16)17)5-14(2)10-8(12)3-7(15(18)19)4-9(10)13/h3-4,6H,5H2,1-2H3,(H,16,17). The Kier molecular flexibility index (Phi) is 4.36. The second-order valence-electron chi connectivity index (χ2n) is 4.13. The van der Waals surface area contributed by atoms with Crippen molar-refractivity contribution in [2.24, 2.45) is 5.92 Å². The zero-order valence-electron chi connectivity index (χ0n) is 10.3. The van der Waals surface area contributed by atoms with E-state index in [0.29, 0.717) is 12.1 Å². The Bertz CT molecular complexity index is 498. The van der Waals surface area contributed by atoms with Crippen LogP contribution in [-0.4, -0.2) is 29.6 Å². The topological polar surface area (TPSA) is 83.7 Å². The quantitative estimate of drug-likeness (QED) is 0.656. The number of hydrogen-bond acceptors (Lipinski definition) is 4. The SMILES string of the molecule is CC(CN(C)c1c(F)cc([N+](=O)[O-])cc1F)C(=O)O. The number of carboxylic acid groups (broad SMARTS) is 1. The molecule has 0 spiro atoms. The summed E-state index contributed by atoms with van der Waals surface area (Å²) in [5.74, 6) is -4.15. The summed E-state index contributed by atoms with van der Waals surface area (Å²) in [5, 5.41) is 19.2. The van der Waals surface area contributed by atoms with E-state index >= 15 is 0 Å². The van der Waals surface area contributed by atoms with Crippen molar-refractivity contribution in [3.63, 3.8) is 0 Å². The molecule has 0 aliphatic rings. The summed E-state index contributed by atoms with van der Waals surface area (Å²) in [6.45, 7) is 1.26. The van der Waals surface area contributed by atoms with Crippen molar-refractivity contribution in [3.05, 3.63) is 33.9 Å². The van der Waals surface area contributed by atoms with E-state index in [2.05, 4.69) is 0 Å². The van der Waals surface area contributed by atoms with E-state index in [1.165, 1.54) is 14.0 Å². The number of nitrogens with zero attached hydrogens (tertiary/aromatic N) is 2. The van der Waals surface area contributed by atoms with Crippen molar-refractivity contribution in [1.82, 2.24) is 0 Å². The summed E-state index contributed by atoms with van der Waals surface area (Å²) < 4.78 is 27.3. The monoisotopic (exact) mass is 274 g/mol. The molecule has 0 aliphatic carbocycles. The van der Waals surface area contributed by atoms with Gasteiger partial charge in [-0.25, -0.2) is 8.78 Å². The first-order valence-electron chi connectivity index (χ1n) is 5.31. The maximum Gasteiger partial charge on any atom is 0.308 e. The van der Waals surface area contributed by atoms with Gasteiger partial charge in [0.15, 0.2) is 11.6 Å². The lowest BCUT2D eigenvalue weighted by Gasteiger charge is -2.22. The molecular formula is C11H12F2N2O4. The highest BCUT2D eigenvalue weighted by atomic mass is 19.1. The van der Waals surface area contributed by atoms with Crippen LogP contribution in [0.2, 0.25) is 0 Å². The molecule has 1 unspecified atom stereocenters. The molecule has 1 rings (SSSR count). The molecule has 0 radical (unpaired) electrons. The molecule has 19 heavy (non-hydrogen) atoms. The molecular weight excluding hydrogens is 262 g/mol. The van der Waals surface area contributed by atoms with Gasteiger partial charge in [0.1, 0.15) is 5.69 Å². The van der Waals surface area contributed by atoms with Crippen LogP contribution in [0.25, 0.3) is 0 Å². The predicted octanol–water partition coefficient (Wildman–Crippen LogP) is 2.03. The molecule has 104 valence electrons. The minimum absolute atomic E-state index is 0.124. The zero-order chi connectivity index (χ0) is 14.7. The van der Waals surface area contributed by atoms with Crippen molar-refractivity contribution in [3.8, 4) is 0 Å². The molecule has 0 amide bonds. The molecule has 1 atom stereocenters. The van der Waals surface area contributed by atoms with Crippen LogP contribution >= 0.6 is 0 Å². The highest BCUT2D eigenvalue weighted by molar-refractivity contribution is 5.70. The molecule has 0 saturated heterocycles. The Balaban J connectivity index is 3.07. The summed E-state index contributed by atoms with van der Waals surface area (Å²) in [6.07, 6.45) is 0. The smallest absolute Gasteiger partial charge is 0.308 e. The number of hydrogen-bond donors (Lipinski definition) is 1. The number of carbonyl (C=O) groups is 1. The summed E-state index contributed by atoms with van der Waals surface area (Å²) in [5.41, 5.74) is -1.18. The maximum absolute atomic E-state index is 13.6. The van der Waals surface area contributed by atoms with Crippen molar-refractivity contribution < 1.29 is 23.6 Å². The van der Waals surface area contributed by atoms with Crippen LogP contribution in [-0.2, 0) is 4.79 Å². The fourth-order valence-electron chi connectivity index (χ4n) is 1.60. The van der Waals surface area contributed by atoms with Gasteiger partial charge in [-0.2, -0.15) is 0 Å². The molecule has 0 bridgehead atoms. The van der Waals surface area contributed by atoms with Crippen molar-refractivity contribution in [2.75, 3.05) is 18.5 Å². The number of non-ortho nitro benzene ring substituents is 1. The second kappa shape index (κ2) is 5.59. The molecule has 1 aromatic carbocycles. The van der Waals surface area contributed by atoms with Crippen LogP contribution in [0.5, 0.6) is 0 Å². The molecule has 6 nitrogen and oxygen atoms in total. The highest BCUT2D eigenvalue weighted by Crippen LogP contribution is 2.27. The van der Waals surface area contributed by atoms with Gasteiger partial charge in [-0.1, -0.05) is 6.92 Å². The van der Waals surface area contributed by atoms with Gasteiger partial charge in [-0.05, 0) is 0 Å². The van der Waals surface area contributed by atoms with Crippen LogP contribution in [0.4, 0.5) is 20.2 Å². The predicted molar refractivity (Wildman–Crippen MR) is 63.1 cm³/mol. The maximum atomic E-state index is 13.6. The molecule has 0 aromatic heterocycles. The summed E-state index contributed by atoms with van der Waals surface area (Å²) in [6, 6.07) is 1.20. The van der Waals surface area contributed by atoms with Gasteiger partial charge in [0, 0.05) is 13.6 Å². The van der Waals surface area contributed by atoms with E-state index in [9.17, 15) is 23.7 Å². The molecule has 0 saturated carbocycles. The van der Waals surface area contributed by atoms with Crippen LogP contribution in [0.15, 0.2) is 12.1 Å². The van der Waals surface area contributed by atoms with Gasteiger partial charge in [-0.15, -0.1) is 0 Å². The highest BCUT2D eigenvalue weighted by Gasteiger charge is 2.22. The number of halogens is 2. The van der Waals surface area contributed by atoms with Crippen LogP contribution < -0.4 is 4.90 Å². The third-order valence-corrected chi connectivity index (χ3v) is 2.56. The van der Waals surface area contributed by atoms with Crippen LogP contribution in [0.1, 0.15) is 6.92 Å². The molecule has 0 fully saturated rings. The minimum Gasteiger partial charge on any atom is -0.481 e. The number of nitro benzene ring substituents is 1. The lowest BCUT2D eigenvalue weighted by molar-refractivity contribution is -0.385. The fraction of sp³-hybridized carbons (Fsp3) is 0.364. The van der Waals surface area contributed by atoms with Gasteiger partial charge in [0.2, 0.25) is 0 Å². The Morgan fingerprint density at radius 1 is 1.47 bits per heavy atom. The van der Waals surface area contributed by atoms with E-state index < -0.39 is 39.8 Å². The normalized spacial score (nSPS) is 12.0. The first-order chi connectivity index (χ1) is 8.73. The first kappa shape index (κ1) is 14.8. The Hall–Kier alpha value is -2.25. The van der Waals surface area contributed by atoms with Crippen molar-refractivity contribution in [1.29, 1.82) is 0 Å². The summed E-state index contributed by atoms with van der Waals surface area (Å²) >= 11 is 0. The summed E-state index contributed by atoms with van der Waals surface area (Å²) in [4.78, 5) is 21.3. The van der Waals surface area contributed by atoms with Gasteiger partial charge < -0.3 is 10.0 Å². The Morgan fingerprint density at radius 2 is 1.95 bits per heavy atom. The average molecular weight is 274 g/mol. The first-order valence-corrected chi connectivity index (χ1v) is 5.31. The molecule has 8 heteroatoms. The molecule has 1 aromatic rings. The van der Waals surface area contributed by atoms with E-state index in [4.69, 9.17) is 5.11 Å². The number of aliphatic carboxylic acids is 1. The van der Waals surface area contributed by atoms with Gasteiger partial charge in [-0.3, -0.25) is 14.9 Å². The van der Waals surface area contributed by atoms with Crippen LogP contribution in [0.3, 0.4) is 0 Å². The number of anilines is 1. The largest absolute Gasteiger partial charge is 0.481 e. The zero-order valence-corrected chi connectivity index (χ0v) is 10.3. The lowest BCUT2D eigenvalue weighted by Crippen LogP contribution is -2.29. The van der Waals surface area contributed by atoms with Crippen molar-refractivity contribution in [2.45, 2.75) is 6.92 Å². The third-order valence-electron chi connectivity index (χ3n) is 2.56. The van der Waals surface area contributed by atoms with Crippen LogP contribution in [0, 0.1) is 27.7 Å². The summed E-state index contributed by atoms with van der Waals surface area (Å²) in [7, 11) is 1.31.